The van der Waals surface area contributed by atoms with E-state index in [9.17, 15) is 9.18 Å². The molecule has 0 radical (unpaired) electrons. The summed E-state index contributed by atoms with van der Waals surface area (Å²) in [6.07, 6.45) is 0.399. The Morgan fingerprint density at radius 2 is 1.90 bits per heavy atom. The molecular formula is C17H14FNO2. The Balaban J connectivity index is 2.01. The number of benzene rings is 2. The summed E-state index contributed by atoms with van der Waals surface area (Å²) >= 11 is 0. The number of carbonyl (C=O) groups is 1. The van der Waals surface area contributed by atoms with E-state index < -0.39 is 5.82 Å². The number of ether oxygens (including phenoxy) is 1. The van der Waals surface area contributed by atoms with E-state index in [0.29, 0.717) is 17.7 Å². The molecule has 0 saturated heterocycles. The normalized spacial score (nSPS) is 9.95. The van der Waals surface area contributed by atoms with Gasteiger partial charge in [0.25, 0.3) is 0 Å². The molecule has 0 aromatic heterocycles. The quantitative estimate of drug-likeness (QED) is 0.845. The minimum atomic E-state index is -0.454. The summed E-state index contributed by atoms with van der Waals surface area (Å²) in [4.78, 5) is 11.0. The van der Waals surface area contributed by atoms with E-state index in [2.05, 4.69) is 0 Å². The second kappa shape index (κ2) is 6.67. The van der Waals surface area contributed by atoms with Gasteiger partial charge in [0.15, 0.2) is 0 Å². The predicted molar refractivity (Wildman–Crippen MR) is 76.3 cm³/mol. The van der Waals surface area contributed by atoms with Gasteiger partial charge in [-0.3, -0.25) is 4.79 Å². The first-order valence-electron chi connectivity index (χ1n) is 6.47. The molecule has 0 aliphatic rings. The van der Waals surface area contributed by atoms with Crippen LogP contribution in [0.25, 0.3) is 0 Å². The van der Waals surface area contributed by atoms with Crippen LogP contribution in [0, 0.1) is 17.1 Å². The third kappa shape index (κ3) is 4.43. The van der Waals surface area contributed by atoms with E-state index in [-0.39, 0.29) is 18.0 Å². The van der Waals surface area contributed by atoms with Crippen LogP contribution >= 0.6 is 0 Å². The van der Waals surface area contributed by atoms with Crippen molar-refractivity contribution in [3.63, 3.8) is 0 Å². The third-order valence-electron chi connectivity index (χ3n) is 2.87. The van der Waals surface area contributed by atoms with Gasteiger partial charge in [0, 0.05) is 6.42 Å². The van der Waals surface area contributed by atoms with Crippen LogP contribution in [0.5, 0.6) is 5.75 Å². The Morgan fingerprint density at radius 3 is 2.52 bits per heavy atom. The Morgan fingerprint density at radius 1 is 1.19 bits per heavy atom. The second-order valence-corrected chi connectivity index (χ2v) is 4.77. The lowest BCUT2D eigenvalue weighted by Gasteiger charge is -2.07. The first kappa shape index (κ1) is 14.7. The molecule has 4 heteroatoms. The van der Waals surface area contributed by atoms with E-state index in [1.165, 1.54) is 12.1 Å². The van der Waals surface area contributed by atoms with Crippen molar-refractivity contribution in [3.8, 4) is 11.8 Å². The zero-order valence-electron chi connectivity index (χ0n) is 11.6. The largest absolute Gasteiger partial charge is 0.489 e. The number of ketones is 1. The fourth-order valence-electron chi connectivity index (χ4n) is 1.96. The van der Waals surface area contributed by atoms with Crippen LogP contribution in [-0.4, -0.2) is 5.78 Å². The molecule has 2 rings (SSSR count). The summed E-state index contributed by atoms with van der Waals surface area (Å²) in [6, 6.07) is 13.2. The molecule has 0 saturated carbocycles. The highest BCUT2D eigenvalue weighted by atomic mass is 19.1. The number of hydrogen-bond acceptors (Lipinski definition) is 3. The lowest BCUT2D eigenvalue weighted by Crippen LogP contribution is -1.98. The topological polar surface area (TPSA) is 50.1 Å². The van der Waals surface area contributed by atoms with Gasteiger partial charge >= 0.3 is 0 Å². The average Bonchev–Trinajstić information content (AvgIpc) is 2.45. The summed E-state index contributed by atoms with van der Waals surface area (Å²) in [6.45, 7) is 1.72. The van der Waals surface area contributed by atoms with Gasteiger partial charge in [-0.05, 0) is 48.4 Å². The maximum absolute atomic E-state index is 13.3. The van der Waals surface area contributed by atoms with Gasteiger partial charge in [0.1, 0.15) is 24.0 Å². The molecule has 0 fully saturated rings. The molecule has 0 spiro atoms. The zero-order valence-corrected chi connectivity index (χ0v) is 11.6. The van der Waals surface area contributed by atoms with Crippen molar-refractivity contribution in [2.24, 2.45) is 0 Å². The third-order valence-corrected chi connectivity index (χ3v) is 2.87. The maximum Gasteiger partial charge on any atom is 0.134 e. The Hall–Kier alpha value is -2.67. The molecule has 0 aliphatic heterocycles. The molecule has 21 heavy (non-hydrogen) atoms. The lowest BCUT2D eigenvalue weighted by molar-refractivity contribution is -0.116. The van der Waals surface area contributed by atoms with Crippen LogP contribution < -0.4 is 4.74 Å². The van der Waals surface area contributed by atoms with Crippen molar-refractivity contribution in [3.05, 3.63) is 65.0 Å². The first-order chi connectivity index (χ1) is 10.1. The van der Waals surface area contributed by atoms with Crippen LogP contribution in [0.4, 0.5) is 4.39 Å². The van der Waals surface area contributed by atoms with Crippen LogP contribution in [-0.2, 0) is 17.8 Å². The zero-order chi connectivity index (χ0) is 15.2. The summed E-state index contributed by atoms with van der Waals surface area (Å²) in [7, 11) is 0. The molecule has 0 amide bonds. The van der Waals surface area contributed by atoms with E-state index in [1.54, 1.807) is 25.1 Å². The van der Waals surface area contributed by atoms with E-state index in [4.69, 9.17) is 10.00 Å². The van der Waals surface area contributed by atoms with Crippen LogP contribution in [0.3, 0.4) is 0 Å². The molecule has 0 atom stereocenters. The van der Waals surface area contributed by atoms with Crippen molar-refractivity contribution < 1.29 is 13.9 Å². The van der Waals surface area contributed by atoms with Gasteiger partial charge < -0.3 is 4.74 Å². The highest BCUT2D eigenvalue weighted by Gasteiger charge is 2.03. The Labute approximate surface area is 122 Å². The standard InChI is InChI=1S/C17H14FNO2/c1-12(20)6-13-2-4-17(5-3-13)21-11-15-7-14(10-19)8-16(18)9-15/h2-5,7-9H,6,11H2,1H3. The maximum atomic E-state index is 13.3. The number of nitrogens with zero attached hydrogens (tertiary/aromatic N) is 1. The fraction of sp³-hybridized carbons (Fsp3) is 0.176. The van der Waals surface area contributed by atoms with E-state index >= 15 is 0 Å². The van der Waals surface area contributed by atoms with Gasteiger partial charge in [-0.25, -0.2) is 4.39 Å². The van der Waals surface area contributed by atoms with E-state index in [0.717, 1.165) is 5.56 Å². The first-order valence-corrected chi connectivity index (χ1v) is 6.47. The molecule has 106 valence electrons. The van der Waals surface area contributed by atoms with Gasteiger partial charge in [0.2, 0.25) is 0 Å². The molecule has 2 aromatic carbocycles. The highest BCUT2D eigenvalue weighted by Crippen LogP contribution is 2.16. The number of carbonyl (C=O) groups excluding carboxylic acids is 1. The van der Waals surface area contributed by atoms with Crippen LogP contribution in [0.15, 0.2) is 42.5 Å². The summed E-state index contributed by atoms with van der Waals surface area (Å²) in [5.41, 5.74) is 1.79. The van der Waals surface area contributed by atoms with Crippen LogP contribution in [0.2, 0.25) is 0 Å². The second-order valence-electron chi connectivity index (χ2n) is 4.77. The average molecular weight is 283 g/mol. The minimum absolute atomic E-state index is 0.104. The number of rotatable bonds is 5. The smallest absolute Gasteiger partial charge is 0.134 e. The number of Topliss-reactive ketones (excluding diaryl/α,β-unsaturated/α-hetero) is 1. The number of hydrogen-bond donors (Lipinski definition) is 0. The number of halogens is 1. The highest BCUT2D eigenvalue weighted by molar-refractivity contribution is 5.78. The molecule has 0 aliphatic carbocycles. The van der Waals surface area contributed by atoms with Crippen molar-refractivity contribution in [1.82, 2.24) is 0 Å². The lowest BCUT2D eigenvalue weighted by atomic mass is 10.1. The Bertz CT molecular complexity index is 687. The summed E-state index contributed by atoms with van der Waals surface area (Å²) < 4.78 is 18.8. The fourth-order valence-corrected chi connectivity index (χ4v) is 1.96. The molecule has 3 nitrogen and oxygen atoms in total. The minimum Gasteiger partial charge on any atom is -0.489 e. The van der Waals surface area contributed by atoms with Gasteiger partial charge in [0.05, 0.1) is 11.6 Å². The molecule has 0 N–H and O–H groups in total. The molecule has 0 bridgehead atoms. The van der Waals surface area contributed by atoms with Crippen molar-refractivity contribution in [2.45, 2.75) is 20.0 Å². The van der Waals surface area contributed by atoms with Crippen molar-refractivity contribution in [1.29, 1.82) is 5.26 Å². The molecule has 2 aromatic rings. The predicted octanol–water partition coefficient (Wildman–Crippen LogP) is 3.41. The van der Waals surface area contributed by atoms with E-state index in [1.807, 2.05) is 18.2 Å². The van der Waals surface area contributed by atoms with Gasteiger partial charge in [-0.2, -0.15) is 5.26 Å². The molecule has 0 heterocycles. The Kier molecular flexibility index (Phi) is 4.68. The van der Waals surface area contributed by atoms with Gasteiger partial charge in [-0.1, -0.05) is 12.1 Å². The SMILES string of the molecule is CC(=O)Cc1ccc(OCc2cc(F)cc(C#N)c2)cc1. The van der Waals surface area contributed by atoms with Crippen molar-refractivity contribution in [2.75, 3.05) is 0 Å². The van der Waals surface area contributed by atoms with Gasteiger partial charge in [-0.15, -0.1) is 0 Å². The summed E-state index contributed by atoms with van der Waals surface area (Å²) in [5, 5.41) is 8.79. The van der Waals surface area contributed by atoms with Crippen molar-refractivity contribution >= 4 is 5.78 Å². The monoisotopic (exact) mass is 283 g/mol. The van der Waals surface area contributed by atoms with Crippen LogP contribution in [0.1, 0.15) is 23.6 Å². The number of nitriles is 1. The molecule has 0 unspecified atom stereocenters. The molecular weight excluding hydrogens is 269 g/mol. The summed E-state index contributed by atoms with van der Waals surface area (Å²) in [5.74, 6) is 0.280.